The van der Waals surface area contributed by atoms with E-state index in [1.807, 2.05) is 11.8 Å². The molecule has 0 aromatic heterocycles. The molecule has 1 aliphatic rings. The van der Waals surface area contributed by atoms with E-state index in [9.17, 15) is 22.0 Å². The molecule has 6 nitrogen and oxygen atoms in total. The second-order valence-electron chi connectivity index (χ2n) is 8.63. The van der Waals surface area contributed by atoms with E-state index in [-0.39, 0.29) is 27.8 Å². The van der Waals surface area contributed by atoms with Gasteiger partial charge in [0.2, 0.25) is 15.9 Å². The summed E-state index contributed by atoms with van der Waals surface area (Å²) in [4.78, 5) is 16.8. The number of sulfonamides is 1. The number of amides is 1. The van der Waals surface area contributed by atoms with Gasteiger partial charge in [-0.2, -0.15) is 4.31 Å². The third-order valence-electron chi connectivity index (χ3n) is 6.19. The van der Waals surface area contributed by atoms with Crippen LogP contribution in [0.25, 0.3) is 0 Å². The Morgan fingerprint density at radius 3 is 2.19 bits per heavy atom. The molecule has 0 aliphatic carbocycles. The Bertz CT molecular complexity index is 1310. The average molecular weight is 534 g/mol. The van der Waals surface area contributed by atoms with Gasteiger partial charge in [-0.15, -0.1) is 0 Å². The minimum atomic E-state index is -4.13. The number of halogens is 3. The average Bonchev–Trinajstić information content (AvgIpc) is 2.86. The molecule has 1 amide bonds. The smallest absolute Gasteiger partial charge is 0.243 e. The first kappa shape index (κ1) is 26.1. The number of hydrogen-bond donors (Lipinski definition) is 0. The van der Waals surface area contributed by atoms with Crippen LogP contribution in [0.15, 0.2) is 71.6 Å². The normalized spacial score (nSPS) is 14.4. The van der Waals surface area contributed by atoms with Gasteiger partial charge in [0, 0.05) is 49.0 Å². The number of hydrogen-bond acceptors (Lipinski definition) is 4. The summed E-state index contributed by atoms with van der Waals surface area (Å²) in [6, 6.07) is 16.5. The second-order valence-corrected chi connectivity index (χ2v) is 11.0. The van der Waals surface area contributed by atoms with Crippen molar-refractivity contribution in [3.8, 4) is 0 Å². The predicted molar refractivity (Wildman–Crippen MR) is 135 cm³/mol. The summed E-state index contributed by atoms with van der Waals surface area (Å²) in [5.41, 5.74) is 1.73. The van der Waals surface area contributed by atoms with Crippen LogP contribution in [0.4, 0.5) is 14.5 Å². The van der Waals surface area contributed by atoms with Gasteiger partial charge in [0.1, 0.15) is 11.6 Å². The van der Waals surface area contributed by atoms with Crippen LogP contribution in [0.1, 0.15) is 11.1 Å². The molecule has 0 unspecified atom stereocenters. The van der Waals surface area contributed by atoms with E-state index in [2.05, 4.69) is 0 Å². The maximum atomic E-state index is 14.5. The van der Waals surface area contributed by atoms with Gasteiger partial charge in [-0.3, -0.25) is 4.79 Å². The maximum absolute atomic E-state index is 14.5. The van der Waals surface area contributed by atoms with Gasteiger partial charge < -0.3 is 9.80 Å². The van der Waals surface area contributed by atoms with Crippen molar-refractivity contribution in [1.29, 1.82) is 0 Å². The van der Waals surface area contributed by atoms with E-state index in [4.69, 9.17) is 11.6 Å². The summed E-state index contributed by atoms with van der Waals surface area (Å²) in [7, 11) is -4.13. The van der Waals surface area contributed by atoms with Gasteiger partial charge >= 0.3 is 0 Å². The predicted octanol–water partition coefficient (Wildman–Crippen LogP) is 4.47. The van der Waals surface area contributed by atoms with Gasteiger partial charge in [0.05, 0.1) is 11.4 Å². The van der Waals surface area contributed by atoms with Crippen LogP contribution < -0.4 is 4.90 Å². The molecule has 4 rings (SSSR count). The van der Waals surface area contributed by atoms with E-state index in [1.54, 1.807) is 29.2 Å². The van der Waals surface area contributed by atoms with E-state index < -0.39 is 28.3 Å². The number of benzene rings is 3. The molecule has 0 saturated carbocycles. The highest BCUT2D eigenvalue weighted by Gasteiger charge is 2.31. The Morgan fingerprint density at radius 1 is 0.944 bits per heavy atom. The molecule has 1 saturated heterocycles. The molecular weight excluding hydrogens is 508 g/mol. The summed E-state index contributed by atoms with van der Waals surface area (Å²) in [5, 5.41) is 0.0828. The topological polar surface area (TPSA) is 60.9 Å². The van der Waals surface area contributed by atoms with Crippen LogP contribution in [-0.2, 0) is 21.4 Å². The Morgan fingerprint density at radius 2 is 1.58 bits per heavy atom. The lowest BCUT2D eigenvalue weighted by molar-refractivity contribution is -0.131. The van der Waals surface area contributed by atoms with E-state index >= 15 is 0 Å². The number of piperazine rings is 1. The van der Waals surface area contributed by atoms with Crippen LogP contribution >= 0.6 is 11.6 Å². The lowest BCUT2D eigenvalue weighted by Crippen LogP contribution is -2.51. The van der Waals surface area contributed by atoms with Gasteiger partial charge in [0.25, 0.3) is 0 Å². The van der Waals surface area contributed by atoms with E-state index in [1.165, 1.54) is 42.5 Å². The zero-order chi connectivity index (χ0) is 25.9. The first-order valence-corrected chi connectivity index (χ1v) is 13.2. The Labute approximate surface area is 214 Å². The molecule has 3 aromatic carbocycles. The molecule has 1 aliphatic heterocycles. The summed E-state index contributed by atoms with van der Waals surface area (Å²) in [5.74, 6) is -1.36. The largest absolute Gasteiger partial charge is 0.368 e. The zero-order valence-electron chi connectivity index (χ0n) is 19.7. The number of aryl methyl sites for hydroxylation is 1. The molecule has 36 heavy (non-hydrogen) atoms. The van der Waals surface area contributed by atoms with Crippen molar-refractivity contribution < 1.29 is 22.0 Å². The Balaban J connectivity index is 1.53. The van der Waals surface area contributed by atoms with Crippen LogP contribution in [0.2, 0.25) is 5.02 Å². The van der Waals surface area contributed by atoms with Gasteiger partial charge in [-0.1, -0.05) is 35.4 Å². The molecule has 3 aromatic rings. The van der Waals surface area contributed by atoms with Crippen molar-refractivity contribution in [1.82, 2.24) is 9.21 Å². The monoisotopic (exact) mass is 533 g/mol. The number of carbonyl (C=O) groups is 1. The minimum Gasteiger partial charge on any atom is -0.368 e. The molecule has 0 N–H and O–H groups in total. The number of nitrogens with zero attached hydrogens (tertiary/aromatic N) is 3. The first-order valence-electron chi connectivity index (χ1n) is 11.4. The highest BCUT2D eigenvalue weighted by atomic mass is 35.5. The molecule has 10 heteroatoms. The minimum absolute atomic E-state index is 0.00350. The summed E-state index contributed by atoms with van der Waals surface area (Å²) in [6.45, 7) is 2.76. The van der Waals surface area contributed by atoms with Crippen LogP contribution in [0.3, 0.4) is 0 Å². The number of anilines is 1. The van der Waals surface area contributed by atoms with Crippen molar-refractivity contribution >= 4 is 33.2 Å². The molecule has 1 fully saturated rings. The van der Waals surface area contributed by atoms with Gasteiger partial charge in [0.15, 0.2) is 0 Å². The summed E-state index contributed by atoms with van der Waals surface area (Å²) in [6.07, 6.45) is 0. The molecular formula is C26H26ClF2N3O3S. The number of rotatable bonds is 7. The molecule has 0 atom stereocenters. The molecule has 0 radical (unpaired) electrons. The van der Waals surface area contributed by atoms with Crippen molar-refractivity contribution in [2.75, 3.05) is 37.6 Å². The standard InChI is InChI=1S/C26H26ClF2N3O3S/c1-19-5-11-22(12-6-19)36(34,35)32(17-23-24(27)3-2-4-25(23)29)18-26(33)31-15-13-30(14-16-31)21-9-7-20(28)8-10-21/h2-12H,13-18H2,1H3. The molecule has 1 heterocycles. The second kappa shape index (κ2) is 10.9. The van der Waals surface area contributed by atoms with Crippen molar-refractivity contribution in [2.24, 2.45) is 0 Å². The van der Waals surface area contributed by atoms with E-state index in [0.717, 1.165) is 15.6 Å². The lowest BCUT2D eigenvalue weighted by atomic mass is 10.2. The maximum Gasteiger partial charge on any atom is 0.243 e. The van der Waals surface area contributed by atoms with Crippen molar-refractivity contribution in [2.45, 2.75) is 18.4 Å². The van der Waals surface area contributed by atoms with Gasteiger partial charge in [-0.25, -0.2) is 17.2 Å². The lowest BCUT2D eigenvalue weighted by Gasteiger charge is -2.37. The van der Waals surface area contributed by atoms with Crippen molar-refractivity contribution in [3.05, 3.63) is 94.5 Å². The quantitative estimate of drug-likeness (QED) is 0.450. The fraction of sp³-hybridized carbons (Fsp3) is 0.269. The number of carbonyl (C=O) groups excluding carboxylic acids is 1. The highest BCUT2D eigenvalue weighted by molar-refractivity contribution is 7.89. The zero-order valence-corrected chi connectivity index (χ0v) is 21.3. The highest BCUT2D eigenvalue weighted by Crippen LogP contribution is 2.25. The molecule has 190 valence electrons. The fourth-order valence-corrected chi connectivity index (χ4v) is 5.64. The molecule has 0 spiro atoms. The van der Waals surface area contributed by atoms with Crippen LogP contribution in [0.5, 0.6) is 0 Å². The summed E-state index contributed by atoms with van der Waals surface area (Å²) >= 11 is 6.17. The first-order chi connectivity index (χ1) is 17.1. The Hall–Kier alpha value is -3.01. The summed E-state index contributed by atoms with van der Waals surface area (Å²) < 4.78 is 55.8. The Kier molecular flexibility index (Phi) is 7.92. The molecule has 0 bridgehead atoms. The van der Waals surface area contributed by atoms with Gasteiger partial charge in [-0.05, 0) is 55.5 Å². The third-order valence-corrected chi connectivity index (χ3v) is 8.35. The van der Waals surface area contributed by atoms with E-state index in [0.29, 0.717) is 26.2 Å². The van der Waals surface area contributed by atoms with Crippen LogP contribution in [-0.4, -0.2) is 56.3 Å². The van der Waals surface area contributed by atoms with Crippen LogP contribution in [0, 0.1) is 18.6 Å². The SMILES string of the molecule is Cc1ccc(S(=O)(=O)N(CC(=O)N2CCN(c3ccc(F)cc3)CC2)Cc2c(F)cccc2Cl)cc1. The fourth-order valence-electron chi connectivity index (χ4n) is 4.06. The van der Waals surface area contributed by atoms with Crippen molar-refractivity contribution in [3.63, 3.8) is 0 Å². The third kappa shape index (κ3) is 5.86.